The number of amides is 2. The van der Waals surface area contributed by atoms with Gasteiger partial charge in [0.2, 0.25) is 5.91 Å². The van der Waals surface area contributed by atoms with E-state index >= 15 is 0 Å². The molecule has 5 heteroatoms. The molecule has 0 bridgehead atoms. The Balaban J connectivity index is 1.71. The number of primary amides is 1. The number of para-hydroxylation sites is 1. The lowest BCUT2D eigenvalue weighted by atomic mass is 9.93. The van der Waals surface area contributed by atoms with Gasteiger partial charge in [-0.25, -0.2) is 0 Å². The van der Waals surface area contributed by atoms with Crippen molar-refractivity contribution < 1.29 is 9.59 Å². The van der Waals surface area contributed by atoms with E-state index in [0.29, 0.717) is 25.4 Å². The van der Waals surface area contributed by atoms with Gasteiger partial charge < -0.3 is 15.6 Å². The lowest BCUT2D eigenvalue weighted by Crippen LogP contribution is -2.39. The molecule has 3 rings (SSSR count). The Labute approximate surface area is 123 Å². The van der Waals surface area contributed by atoms with E-state index < -0.39 is 0 Å². The number of H-pyrrole nitrogens is 1. The smallest absolute Gasteiger partial charge is 0.256 e. The lowest BCUT2D eigenvalue weighted by Gasteiger charge is -2.31. The Kier molecular flexibility index (Phi) is 3.64. The van der Waals surface area contributed by atoms with Crippen LogP contribution in [-0.2, 0) is 4.79 Å². The fourth-order valence-electron chi connectivity index (χ4n) is 3.04. The summed E-state index contributed by atoms with van der Waals surface area (Å²) in [7, 11) is 0. The van der Waals surface area contributed by atoms with E-state index in [1.165, 1.54) is 0 Å². The molecule has 2 heterocycles. The number of nitrogens with one attached hydrogen (secondary N) is 1. The first-order valence-corrected chi connectivity index (χ1v) is 7.29. The Hall–Kier alpha value is -2.30. The van der Waals surface area contributed by atoms with Gasteiger partial charge in [0.15, 0.2) is 0 Å². The quantitative estimate of drug-likeness (QED) is 0.903. The Bertz CT molecular complexity index is 669. The molecule has 21 heavy (non-hydrogen) atoms. The third kappa shape index (κ3) is 2.77. The van der Waals surface area contributed by atoms with Crippen LogP contribution >= 0.6 is 0 Å². The van der Waals surface area contributed by atoms with Crippen LogP contribution in [0.4, 0.5) is 0 Å². The monoisotopic (exact) mass is 285 g/mol. The predicted molar refractivity (Wildman–Crippen MR) is 80.7 cm³/mol. The van der Waals surface area contributed by atoms with Gasteiger partial charge in [-0.05, 0) is 24.8 Å². The van der Waals surface area contributed by atoms with Crippen molar-refractivity contribution >= 4 is 22.7 Å². The summed E-state index contributed by atoms with van der Waals surface area (Å²) < 4.78 is 0. The van der Waals surface area contributed by atoms with Crippen LogP contribution in [0.1, 0.15) is 29.6 Å². The van der Waals surface area contributed by atoms with Crippen LogP contribution in [0.3, 0.4) is 0 Å². The molecular weight excluding hydrogens is 266 g/mol. The van der Waals surface area contributed by atoms with Crippen LogP contribution in [-0.4, -0.2) is 34.8 Å². The van der Waals surface area contributed by atoms with E-state index in [9.17, 15) is 9.59 Å². The number of piperidine rings is 1. The molecule has 1 aromatic carbocycles. The molecule has 2 amide bonds. The summed E-state index contributed by atoms with van der Waals surface area (Å²) in [5, 5.41) is 0.960. The maximum atomic E-state index is 12.6. The van der Waals surface area contributed by atoms with Crippen LogP contribution < -0.4 is 5.73 Å². The van der Waals surface area contributed by atoms with Crippen molar-refractivity contribution in [1.82, 2.24) is 9.88 Å². The Morgan fingerprint density at radius 2 is 1.95 bits per heavy atom. The summed E-state index contributed by atoms with van der Waals surface area (Å²) in [4.78, 5) is 28.6. The van der Waals surface area contributed by atoms with Crippen LogP contribution in [0, 0.1) is 5.92 Å². The highest BCUT2D eigenvalue weighted by Crippen LogP contribution is 2.24. The van der Waals surface area contributed by atoms with Crippen LogP contribution in [0.5, 0.6) is 0 Å². The van der Waals surface area contributed by atoms with E-state index in [-0.39, 0.29) is 11.8 Å². The van der Waals surface area contributed by atoms with Gasteiger partial charge in [-0.1, -0.05) is 18.2 Å². The molecule has 0 atom stereocenters. The first kappa shape index (κ1) is 13.7. The van der Waals surface area contributed by atoms with E-state index in [4.69, 9.17) is 5.73 Å². The average Bonchev–Trinajstić information content (AvgIpc) is 2.90. The van der Waals surface area contributed by atoms with Crippen molar-refractivity contribution in [1.29, 1.82) is 0 Å². The van der Waals surface area contributed by atoms with Crippen molar-refractivity contribution in [2.24, 2.45) is 11.7 Å². The minimum Gasteiger partial charge on any atom is -0.370 e. The predicted octanol–water partition coefficient (Wildman–Crippen LogP) is 1.90. The first-order valence-electron chi connectivity index (χ1n) is 7.29. The van der Waals surface area contributed by atoms with Gasteiger partial charge in [0.05, 0.1) is 5.56 Å². The fourth-order valence-corrected chi connectivity index (χ4v) is 3.04. The van der Waals surface area contributed by atoms with Crippen LogP contribution in [0.25, 0.3) is 10.9 Å². The molecule has 1 aliphatic heterocycles. The number of aromatic amines is 1. The number of likely N-dealkylation sites (tertiary alicyclic amines) is 1. The summed E-state index contributed by atoms with van der Waals surface area (Å²) in [5.41, 5.74) is 6.93. The molecule has 0 spiro atoms. The highest BCUT2D eigenvalue weighted by molar-refractivity contribution is 6.06. The zero-order chi connectivity index (χ0) is 14.8. The van der Waals surface area contributed by atoms with Gasteiger partial charge in [-0.2, -0.15) is 0 Å². The third-order valence-electron chi connectivity index (χ3n) is 4.21. The molecular formula is C16H19N3O2. The fraction of sp³-hybridized carbons (Fsp3) is 0.375. The minimum atomic E-state index is -0.253. The highest BCUT2D eigenvalue weighted by Gasteiger charge is 2.25. The summed E-state index contributed by atoms with van der Waals surface area (Å²) in [6.45, 7) is 1.38. The van der Waals surface area contributed by atoms with Crippen molar-refractivity contribution in [2.45, 2.75) is 19.3 Å². The summed E-state index contributed by atoms with van der Waals surface area (Å²) in [5.74, 6) is 0.121. The number of carbonyl (C=O) groups excluding carboxylic acids is 2. The normalized spacial score (nSPS) is 16.3. The molecule has 3 N–H and O–H groups in total. The van der Waals surface area contributed by atoms with E-state index in [2.05, 4.69) is 4.98 Å². The average molecular weight is 285 g/mol. The van der Waals surface area contributed by atoms with Gasteiger partial charge in [-0.15, -0.1) is 0 Å². The second-order valence-electron chi connectivity index (χ2n) is 5.65. The summed E-state index contributed by atoms with van der Waals surface area (Å²) in [6.07, 6.45) is 3.89. The number of hydrogen-bond donors (Lipinski definition) is 2. The number of nitrogens with two attached hydrogens (primary N) is 1. The SMILES string of the molecule is NC(=O)CC1CCN(C(=O)c2c[nH]c3ccccc23)CC1. The molecule has 0 radical (unpaired) electrons. The van der Waals surface area contributed by atoms with Gasteiger partial charge >= 0.3 is 0 Å². The molecule has 1 aromatic heterocycles. The summed E-state index contributed by atoms with van der Waals surface area (Å²) in [6, 6.07) is 7.80. The van der Waals surface area contributed by atoms with Crippen molar-refractivity contribution in [2.75, 3.05) is 13.1 Å². The Morgan fingerprint density at radius 1 is 1.24 bits per heavy atom. The molecule has 1 saturated heterocycles. The van der Waals surface area contributed by atoms with Gasteiger partial charge in [-0.3, -0.25) is 9.59 Å². The molecule has 1 fully saturated rings. The maximum Gasteiger partial charge on any atom is 0.256 e. The van der Waals surface area contributed by atoms with Crippen LogP contribution in [0.2, 0.25) is 0 Å². The third-order valence-corrected chi connectivity index (χ3v) is 4.21. The molecule has 1 aliphatic rings. The Morgan fingerprint density at radius 3 is 2.67 bits per heavy atom. The maximum absolute atomic E-state index is 12.6. The lowest BCUT2D eigenvalue weighted by molar-refractivity contribution is -0.119. The molecule has 5 nitrogen and oxygen atoms in total. The minimum absolute atomic E-state index is 0.0602. The number of aromatic nitrogens is 1. The molecule has 0 unspecified atom stereocenters. The standard InChI is InChI=1S/C16H19N3O2/c17-15(20)9-11-5-7-19(8-6-11)16(21)13-10-18-14-4-2-1-3-12(13)14/h1-4,10-11,18H,5-9H2,(H2,17,20). The number of carbonyl (C=O) groups is 2. The van der Waals surface area contributed by atoms with E-state index in [0.717, 1.165) is 29.3 Å². The van der Waals surface area contributed by atoms with Crippen molar-refractivity contribution in [3.8, 4) is 0 Å². The number of hydrogen-bond acceptors (Lipinski definition) is 2. The van der Waals surface area contributed by atoms with E-state index in [1.54, 1.807) is 6.20 Å². The number of fused-ring (bicyclic) bond motifs is 1. The molecule has 0 aliphatic carbocycles. The largest absolute Gasteiger partial charge is 0.370 e. The van der Waals surface area contributed by atoms with Gasteiger partial charge in [0.1, 0.15) is 0 Å². The van der Waals surface area contributed by atoms with E-state index in [1.807, 2.05) is 29.2 Å². The summed E-state index contributed by atoms with van der Waals surface area (Å²) >= 11 is 0. The van der Waals surface area contributed by atoms with Crippen LogP contribution in [0.15, 0.2) is 30.5 Å². The molecule has 110 valence electrons. The first-order chi connectivity index (χ1) is 10.1. The molecule has 2 aromatic rings. The highest BCUT2D eigenvalue weighted by atomic mass is 16.2. The molecule has 0 saturated carbocycles. The number of benzene rings is 1. The van der Waals surface area contributed by atoms with Gasteiger partial charge in [0, 0.05) is 36.6 Å². The van der Waals surface area contributed by atoms with Crippen molar-refractivity contribution in [3.63, 3.8) is 0 Å². The zero-order valence-electron chi connectivity index (χ0n) is 11.8. The second-order valence-corrected chi connectivity index (χ2v) is 5.65. The second kappa shape index (κ2) is 5.60. The number of nitrogens with zero attached hydrogens (tertiary/aromatic N) is 1. The topological polar surface area (TPSA) is 79.2 Å². The van der Waals surface area contributed by atoms with Gasteiger partial charge in [0.25, 0.3) is 5.91 Å². The number of rotatable bonds is 3. The van der Waals surface area contributed by atoms with Crippen molar-refractivity contribution in [3.05, 3.63) is 36.0 Å². The zero-order valence-corrected chi connectivity index (χ0v) is 11.8.